The normalized spacial score (nSPS) is 27.3. The summed E-state index contributed by atoms with van der Waals surface area (Å²) in [4.78, 5) is 2.46. The molecule has 1 nitrogen and oxygen atoms in total. The summed E-state index contributed by atoms with van der Waals surface area (Å²) in [7, 11) is 2.24. The lowest BCUT2D eigenvalue weighted by Crippen LogP contribution is -2.31. The Balaban J connectivity index is 2.12. The van der Waals surface area contributed by atoms with Crippen molar-refractivity contribution in [3.8, 4) is 0 Å². The maximum atomic E-state index is 3.48. The van der Waals surface area contributed by atoms with E-state index in [1.807, 2.05) is 0 Å². The molecule has 1 saturated heterocycles. The number of likely N-dealkylation sites (tertiary alicyclic amines) is 1. The van der Waals surface area contributed by atoms with Gasteiger partial charge in [0.05, 0.1) is 0 Å². The zero-order valence-corrected chi connectivity index (χ0v) is 8.94. The molecule has 0 radical (unpaired) electrons. The second-order valence-electron chi connectivity index (χ2n) is 3.60. The number of piperidine rings is 1. The van der Waals surface area contributed by atoms with Crippen molar-refractivity contribution in [2.24, 2.45) is 5.92 Å². The first-order valence-corrected chi connectivity index (χ1v) is 5.69. The number of hydrogen-bond donors (Lipinski definition) is 0. The van der Waals surface area contributed by atoms with Crippen LogP contribution in [-0.4, -0.2) is 30.4 Å². The molecule has 1 atom stereocenters. The number of hydrogen-bond acceptors (Lipinski definition) is 1. The van der Waals surface area contributed by atoms with Crippen molar-refractivity contribution < 1.29 is 0 Å². The van der Waals surface area contributed by atoms with Crippen LogP contribution in [0.5, 0.6) is 0 Å². The first kappa shape index (κ1) is 9.53. The van der Waals surface area contributed by atoms with Crippen molar-refractivity contribution in [1.29, 1.82) is 0 Å². The summed E-state index contributed by atoms with van der Waals surface area (Å²) >= 11 is 3.48. The zero-order valence-electron chi connectivity index (χ0n) is 7.35. The lowest BCUT2D eigenvalue weighted by molar-refractivity contribution is 0.202. The number of rotatable bonds is 3. The van der Waals surface area contributed by atoms with E-state index in [4.69, 9.17) is 0 Å². The second-order valence-corrected chi connectivity index (χ2v) is 4.39. The summed E-state index contributed by atoms with van der Waals surface area (Å²) in [6, 6.07) is 0. The van der Waals surface area contributed by atoms with Crippen molar-refractivity contribution in [1.82, 2.24) is 4.90 Å². The topological polar surface area (TPSA) is 3.24 Å². The third-order valence-corrected chi connectivity index (χ3v) is 3.03. The van der Waals surface area contributed by atoms with Crippen LogP contribution in [0.3, 0.4) is 0 Å². The van der Waals surface area contributed by atoms with E-state index in [1.165, 1.54) is 44.1 Å². The van der Waals surface area contributed by atoms with E-state index in [2.05, 4.69) is 27.9 Å². The van der Waals surface area contributed by atoms with E-state index in [-0.39, 0.29) is 0 Å². The molecule has 0 saturated carbocycles. The molecule has 0 amide bonds. The summed E-state index contributed by atoms with van der Waals surface area (Å²) in [6.45, 7) is 2.64. The van der Waals surface area contributed by atoms with Crippen molar-refractivity contribution in [3.63, 3.8) is 0 Å². The van der Waals surface area contributed by atoms with E-state index in [9.17, 15) is 0 Å². The molecule has 1 rings (SSSR count). The summed E-state index contributed by atoms with van der Waals surface area (Å²) in [5, 5.41) is 1.17. The van der Waals surface area contributed by atoms with Crippen molar-refractivity contribution in [2.45, 2.75) is 25.7 Å². The largest absolute Gasteiger partial charge is 0.306 e. The van der Waals surface area contributed by atoms with Crippen LogP contribution in [0.15, 0.2) is 0 Å². The summed E-state index contributed by atoms with van der Waals surface area (Å²) in [5.41, 5.74) is 0. The van der Waals surface area contributed by atoms with E-state index >= 15 is 0 Å². The molecule has 0 aliphatic carbocycles. The van der Waals surface area contributed by atoms with Crippen LogP contribution in [-0.2, 0) is 0 Å². The fourth-order valence-corrected chi connectivity index (χ4v) is 2.20. The van der Waals surface area contributed by atoms with Crippen LogP contribution in [0.25, 0.3) is 0 Å². The Labute approximate surface area is 78.3 Å². The van der Waals surface area contributed by atoms with Gasteiger partial charge in [-0.2, -0.15) is 0 Å². The van der Waals surface area contributed by atoms with Crippen LogP contribution >= 0.6 is 15.9 Å². The molecule has 1 fully saturated rings. The van der Waals surface area contributed by atoms with E-state index in [0.717, 1.165) is 5.92 Å². The maximum absolute atomic E-state index is 3.48. The van der Waals surface area contributed by atoms with Crippen LogP contribution in [0.1, 0.15) is 25.7 Å². The molecule has 1 aliphatic heterocycles. The van der Waals surface area contributed by atoms with E-state index in [0.29, 0.717) is 0 Å². The van der Waals surface area contributed by atoms with Crippen molar-refractivity contribution >= 4 is 15.9 Å². The molecule has 0 spiro atoms. The average molecular weight is 220 g/mol. The summed E-state index contributed by atoms with van der Waals surface area (Å²) in [5.74, 6) is 0.978. The van der Waals surface area contributed by atoms with Gasteiger partial charge in [0.2, 0.25) is 0 Å². The fourth-order valence-electron chi connectivity index (χ4n) is 1.87. The predicted octanol–water partition coefficient (Wildman–Crippen LogP) is 2.50. The minimum Gasteiger partial charge on any atom is -0.306 e. The zero-order chi connectivity index (χ0) is 8.10. The van der Waals surface area contributed by atoms with Gasteiger partial charge in [-0.15, -0.1) is 0 Å². The molecule has 0 aromatic rings. The van der Waals surface area contributed by atoms with Crippen LogP contribution < -0.4 is 0 Å². The fraction of sp³-hybridized carbons (Fsp3) is 1.00. The van der Waals surface area contributed by atoms with E-state index in [1.54, 1.807) is 0 Å². The summed E-state index contributed by atoms with van der Waals surface area (Å²) in [6.07, 6.45) is 5.62. The molecule has 2 heteroatoms. The Morgan fingerprint density at radius 3 is 3.00 bits per heavy atom. The van der Waals surface area contributed by atoms with E-state index < -0.39 is 0 Å². The first-order valence-electron chi connectivity index (χ1n) is 4.57. The lowest BCUT2D eigenvalue weighted by Gasteiger charge is -2.29. The quantitative estimate of drug-likeness (QED) is 0.660. The molecular formula is C9H18BrN. The van der Waals surface area contributed by atoms with Gasteiger partial charge in [0.15, 0.2) is 0 Å². The van der Waals surface area contributed by atoms with Gasteiger partial charge in [0.25, 0.3) is 0 Å². The van der Waals surface area contributed by atoms with Gasteiger partial charge in [0.1, 0.15) is 0 Å². The minimum atomic E-state index is 0.978. The molecule has 0 aromatic carbocycles. The Morgan fingerprint density at radius 1 is 1.55 bits per heavy atom. The van der Waals surface area contributed by atoms with Crippen molar-refractivity contribution in [3.05, 3.63) is 0 Å². The molecular weight excluding hydrogens is 202 g/mol. The third-order valence-electron chi connectivity index (χ3n) is 2.47. The highest BCUT2D eigenvalue weighted by atomic mass is 79.9. The van der Waals surface area contributed by atoms with Gasteiger partial charge in [-0.3, -0.25) is 0 Å². The van der Waals surface area contributed by atoms with Gasteiger partial charge in [-0.25, -0.2) is 0 Å². The highest BCUT2D eigenvalue weighted by Crippen LogP contribution is 2.19. The van der Waals surface area contributed by atoms with Crippen LogP contribution in [0.2, 0.25) is 0 Å². The number of halogens is 1. The van der Waals surface area contributed by atoms with Gasteiger partial charge in [0, 0.05) is 11.9 Å². The average Bonchev–Trinajstić information content (AvgIpc) is 2.01. The minimum absolute atomic E-state index is 0.978. The molecule has 0 unspecified atom stereocenters. The monoisotopic (exact) mass is 219 g/mol. The Hall–Kier alpha value is 0.440. The first-order chi connectivity index (χ1) is 5.33. The second kappa shape index (κ2) is 5.15. The number of alkyl halides is 1. The predicted molar refractivity (Wildman–Crippen MR) is 53.2 cm³/mol. The standard InChI is InChI=1S/C9H18BrN/c1-11-7-3-5-9(8-11)4-2-6-10/h9H,2-8H2,1H3/t9-/m0/s1. The highest BCUT2D eigenvalue weighted by molar-refractivity contribution is 9.09. The van der Waals surface area contributed by atoms with Gasteiger partial charge < -0.3 is 4.90 Å². The molecule has 0 bridgehead atoms. The molecule has 0 N–H and O–H groups in total. The van der Waals surface area contributed by atoms with Crippen molar-refractivity contribution in [2.75, 3.05) is 25.5 Å². The molecule has 11 heavy (non-hydrogen) atoms. The Morgan fingerprint density at radius 2 is 2.36 bits per heavy atom. The van der Waals surface area contributed by atoms with Crippen LogP contribution in [0, 0.1) is 5.92 Å². The van der Waals surface area contributed by atoms with Gasteiger partial charge >= 0.3 is 0 Å². The Kier molecular flexibility index (Phi) is 4.46. The van der Waals surface area contributed by atoms with Gasteiger partial charge in [-0.1, -0.05) is 15.9 Å². The van der Waals surface area contributed by atoms with Gasteiger partial charge in [-0.05, 0) is 45.2 Å². The molecule has 1 aliphatic rings. The molecule has 0 aromatic heterocycles. The molecule has 66 valence electrons. The highest BCUT2D eigenvalue weighted by Gasteiger charge is 2.15. The lowest BCUT2D eigenvalue weighted by atomic mass is 9.94. The molecule has 1 heterocycles. The Bertz CT molecular complexity index is 106. The third kappa shape index (κ3) is 3.57. The smallest absolute Gasteiger partial charge is 0.00314 e. The number of nitrogens with zero attached hydrogens (tertiary/aromatic N) is 1. The van der Waals surface area contributed by atoms with Crippen LogP contribution in [0.4, 0.5) is 0 Å². The SMILES string of the molecule is CN1CCC[C@H](CCCBr)C1. The maximum Gasteiger partial charge on any atom is 0.00314 e. The summed E-state index contributed by atoms with van der Waals surface area (Å²) < 4.78 is 0.